The summed E-state index contributed by atoms with van der Waals surface area (Å²) in [7, 11) is 0. The van der Waals surface area contributed by atoms with Gasteiger partial charge in [-0.2, -0.15) is 13.2 Å². The monoisotopic (exact) mass is 479 g/mol. The van der Waals surface area contributed by atoms with Crippen molar-refractivity contribution in [2.75, 3.05) is 19.6 Å². The number of amides is 1. The zero-order chi connectivity index (χ0) is 24.7. The van der Waals surface area contributed by atoms with Crippen LogP contribution in [-0.2, 0) is 6.18 Å². The van der Waals surface area contributed by atoms with E-state index in [-0.39, 0.29) is 18.2 Å². The van der Waals surface area contributed by atoms with Crippen LogP contribution in [0.5, 0.6) is 11.5 Å². The topological polar surface area (TPSA) is 45.1 Å². The first-order valence-electron chi connectivity index (χ1n) is 11.4. The number of alkyl halides is 3. The molecule has 0 radical (unpaired) electrons. The Hall–Kier alpha value is -3.81. The number of aliphatic imine (C=N–C) groups is 1. The lowest BCUT2D eigenvalue weighted by Gasteiger charge is -2.41. The van der Waals surface area contributed by atoms with E-state index in [0.717, 1.165) is 23.0 Å². The summed E-state index contributed by atoms with van der Waals surface area (Å²) in [5.74, 6) is 1.45. The van der Waals surface area contributed by atoms with Gasteiger partial charge in [0.25, 0.3) is 5.91 Å². The fourth-order valence-electron chi connectivity index (χ4n) is 4.60. The number of benzene rings is 3. The van der Waals surface area contributed by atoms with E-state index < -0.39 is 17.6 Å². The van der Waals surface area contributed by atoms with Crippen molar-refractivity contribution in [2.45, 2.75) is 26.1 Å². The predicted molar refractivity (Wildman–Crippen MR) is 127 cm³/mol. The molecule has 1 saturated heterocycles. The van der Waals surface area contributed by atoms with Crippen LogP contribution in [0.1, 0.15) is 34.0 Å². The molecule has 180 valence electrons. The highest BCUT2D eigenvalue weighted by Gasteiger charge is 2.38. The number of carbonyl (C=O) groups excluding carboxylic acids is 1. The number of hydrogen-bond donors (Lipinski definition) is 0. The van der Waals surface area contributed by atoms with Crippen LogP contribution in [0.2, 0.25) is 0 Å². The Morgan fingerprint density at radius 1 is 1.00 bits per heavy atom. The number of nitrogens with zero attached hydrogens (tertiary/aromatic N) is 3. The third kappa shape index (κ3) is 4.36. The molecule has 0 spiro atoms. The minimum absolute atomic E-state index is 0.273. The van der Waals surface area contributed by atoms with Gasteiger partial charge in [-0.25, -0.2) is 4.99 Å². The zero-order valence-corrected chi connectivity index (χ0v) is 19.3. The number of para-hydroxylation sites is 2. The fourth-order valence-corrected chi connectivity index (χ4v) is 4.60. The second-order valence-corrected chi connectivity index (χ2v) is 8.84. The van der Waals surface area contributed by atoms with Gasteiger partial charge in [0.15, 0.2) is 5.75 Å². The molecule has 2 aliphatic rings. The molecule has 0 saturated carbocycles. The molecule has 0 aromatic heterocycles. The Morgan fingerprint density at radius 2 is 1.74 bits per heavy atom. The van der Waals surface area contributed by atoms with E-state index in [9.17, 15) is 18.0 Å². The molecule has 2 heterocycles. The van der Waals surface area contributed by atoms with Crippen LogP contribution in [0, 0.1) is 6.92 Å². The van der Waals surface area contributed by atoms with Crippen LogP contribution in [-0.4, -0.2) is 47.2 Å². The van der Waals surface area contributed by atoms with Gasteiger partial charge in [0.05, 0.1) is 16.7 Å². The van der Waals surface area contributed by atoms with Gasteiger partial charge >= 0.3 is 6.18 Å². The molecule has 8 heteroatoms. The first-order chi connectivity index (χ1) is 16.7. The molecular weight excluding hydrogens is 455 g/mol. The number of hydrogen-bond acceptors (Lipinski definition) is 4. The Labute approximate surface area is 201 Å². The molecule has 0 bridgehead atoms. The van der Waals surface area contributed by atoms with E-state index in [0.29, 0.717) is 30.3 Å². The quantitative estimate of drug-likeness (QED) is 0.427. The Balaban J connectivity index is 1.46. The summed E-state index contributed by atoms with van der Waals surface area (Å²) < 4.78 is 46.7. The molecule has 35 heavy (non-hydrogen) atoms. The molecule has 3 aromatic rings. The molecule has 0 aliphatic carbocycles. The molecule has 1 fully saturated rings. The van der Waals surface area contributed by atoms with E-state index in [1.807, 2.05) is 56.3 Å². The number of rotatable bonds is 1. The van der Waals surface area contributed by atoms with Gasteiger partial charge < -0.3 is 14.5 Å². The van der Waals surface area contributed by atoms with Crippen molar-refractivity contribution >= 4 is 17.4 Å². The largest absolute Gasteiger partial charge is 0.454 e. The molecule has 5 nitrogen and oxygen atoms in total. The van der Waals surface area contributed by atoms with Gasteiger partial charge in [0.1, 0.15) is 17.3 Å². The summed E-state index contributed by atoms with van der Waals surface area (Å²) in [6, 6.07) is 18.0. The SMILES string of the molecule is Cc1ccc2c(c1)C(N1CCN(C(=O)c3ccccc3C(F)(F)F)[C@@H](C)C1)=Nc1ccccc1O2. The van der Waals surface area contributed by atoms with E-state index in [4.69, 9.17) is 9.73 Å². The van der Waals surface area contributed by atoms with Gasteiger partial charge in [-0.05, 0) is 50.2 Å². The Morgan fingerprint density at radius 3 is 2.51 bits per heavy atom. The average molecular weight is 480 g/mol. The third-order valence-electron chi connectivity index (χ3n) is 6.34. The fraction of sp³-hybridized carbons (Fsp3) is 0.259. The maximum atomic E-state index is 13.5. The zero-order valence-electron chi connectivity index (χ0n) is 19.3. The van der Waals surface area contributed by atoms with Crippen molar-refractivity contribution in [3.05, 3.63) is 89.0 Å². The average Bonchev–Trinajstić information content (AvgIpc) is 2.99. The van der Waals surface area contributed by atoms with Gasteiger partial charge in [0, 0.05) is 25.7 Å². The molecule has 2 aliphatic heterocycles. The van der Waals surface area contributed by atoms with E-state index >= 15 is 0 Å². The number of carbonyl (C=O) groups is 1. The van der Waals surface area contributed by atoms with Crippen molar-refractivity contribution < 1.29 is 22.7 Å². The standard InChI is InChI=1S/C27H24F3N3O2/c1-17-11-12-23-20(15-17)25(31-22-9-5-6-10-24(22)35-23)32-13-14-33(18(2)16-32)26(34)19-7-3-4-8-21(19)27(28,29)30/h3-12,15,18H,13-14,16H2,1-2H3/t18-/m0/s1. The summed E-state index contributed by atoms with van der Waals surface area (Å²) in [6.45, 7) is 4.97. The van der Waals surface area contributed by atoms with Crippen molar-refractivity contribution in [3.63, 3.8) is 0 Å². The normalized spacial score (nSPS) is 17.6. The highest BCUT2D eigenvalue weighted by atomic mass is 19.4. The van der Waals surface area contributed by atoms with Crippen LogP contribution in [0.3, 0.4) is 0 Å². The van der Waals surface area contributed by atoms with Gasteiger partial charge in [-0.1, -0.05) is 35.9 Å². The maximum Gasteiger partial charge on any atom is 0.417 e. The van der Waals surface area contributed by atoms with Crippen molar-refractivity contribution in [1.82, 2.24) is 9.80 Å². The lowest BCUT2D eigenvalue weighted by Crippen LogP contribution is -2.55. The number of halogens is 3. The summed E-state index contributed by atoms with van der Waals surface area (Å²) in [4.78, 5) is 21.7. The predicted octanol–water partition coefficient (Wildman–Crippen LogP) is 6.04. The van der Waals surface area contributed by atoms with E-state index in [2.05, 4.69) is 4.90 Å². The van der Waals surface area contributed by atoms with Crippen LogP contribution in [0.4, 0.5) is 18.9 Å². The van der Waals surface area contributed by atoms with Crippen LogP contribution < -0.4 is 4.74 Å². The minimum atomic E-state index is -4.60. The second kappa shape index (κ2) is 8.76. The van der Waals surface area contributed by atoms with E-state index in [1.54, 1.807) is 0 Å². The summed E-state index contributed by atoms with van der Waals surface area (Å²) in [5, 5.41) is 0. The molecule has 0 unspecified atom stereocenters. The molecule has 0 N–H and O–H groups in total. The molecule has 1 atom stereocenters. The van der Waals surface area contributed by atoms with Crippen LogP contribution in [0.25, 0.3) is 0 Å². The summed E-state index contributed by atoms with van der Waals surface area (Å²) in [5.41, 5.74) is 1.36. The van der Waals surface area contributed by atoms with Crippen molar-refractivity contribution in [1.29, 1.82) is 0 Å². The first-order valence-corrected chi connectivity index (χ1v) is 11.4. The molecular formula is C27H24F3N3O2. The van der Waals surface area contributed by atoms with Crippen molar-refractivity contribution in [2.24, 2.45) is 4.99 Å². The Bertz CT molecular complexity index is 1320. The van der Waals surface area contributed by atoms with Crippen LogP contribution >= 0.6 is 0 Å². The van der Waals surface area contributed by atoms with Crippen molar-refractivity contribution in [3.8, 4) is 11.5 Å². The molecule has 3 aromatic carbocycles. The number of ether oxygens (including phenoxy) is 1. The van der Waals surface area contributed by atoms with E-state index in [1.165, 1.54) is 23.1 Å². The lowest BCUT2D eigenvalue weighted by molar-refractivity contribution is -0.138. The third-order valence-corrected chi connectivity index (χ3v) is 6.34. The smallest absolute Gasteiger partial charge is 0.417 e. The highest BCUT2D eigenvalue weighted by molar-refractivity contribution is 6.04. The first kappa shape index (κ1) is 23.0. The van der Waals surface area contributed by atoms with Gasteiger partial charge in [-0.3, -0.25) is 4.79 Å². The van der Waals surface area contributed by atoms with Gasteiger partial charge in [-0.15, -0.1) is 0 Å². The molecule has 1 amide bonds. The number of amidine groups is 1. The lowest BCUT2D eigenvalue weighted by atomic mass is 10.0. The highest BCUT2D eigenvalue weighted by Crippen LogP contribution is 2.39. The maximum absolute atomic E-state index is 13.5. The minimum Gasteiger partial charge on any atom is -0.454 e. The van der Waals surface area contributed by atoms with Crippen LogP contribution in [0.15, 0.2) is 71.7 Å². The second-order valence-electron chi connectivity index (χ2n) is 8.84. The number of aryl methyl sites for hydroxylation is 1. The van der Waals surface area contributed by atoms with Gasteiger partial charge in [0.2, 0.25) is 0 Å². The number of fused-ring (bicyclic) bond motifs is 2. The summed E-state index contributed by atoms with van der Waals surface area (Å²) in [6.07, 6.45) is -4.60. The number of piperazine rings is 1. The Kier molecular flexibility index (Phi) is 5.75. The molecule has 5 rings (SSSR count). The summed E-state index contributed by atoms with van der Waals surface area (Å²) >= 11 is 0.